The summed E-state index contributed by atoms with van der Waals surface area (Å²) >= 11 is 0. The summed E-state index contributed by atoms with van der Waals surface area (Å²) in [5.74, 6) is 0.0395. The molecule has 0 amide bonds. The first-order chi connectivity index (χ1) is 18.5. The number of benzene rings is 3. The maximum absolute atomic E-state index is 11.5. The van der Waals surface area contributed by atoms with Gasteiger partial charge in [0.15, 0.2) is 0 Å². The summed E-state index contributed by atoms with van der Waals surface area (Å²) in [4.78, 5) is 16.4. The third kappa shape index (κ3) is 6.64. The summed E-state index contributed by atoms with van der Waals surface area (Å²) in [6, 6.07) is 29.3. The minimum atomic E-state index is -0.794. The molecule has 5 nitrogen and oxygen atoms in total. The number of anilines is 1. The van der Waals surface area contributed by atoms with Crippen LogP contribution >= 0.6 is 0 Å². The molecule has 2 heterocycles. The highest BCUT2D eigenvalue weighted by Gasteiger charge is 2.38. The fraction of sp³-hybridized carbons (Fsp3) is 0.424. The first-order valence-corrected chi connectivity index (χ1v) is 14.1. The summed E-state index contributed by atoms with van der Waals surface area (Å²) in [7, 11) is 0. The molecule has 2 aliphatic rings. The highest BCUT2D eigenvalue weighted by atomic mass is 16.4. The number of aryl methyl sites for hydroxylation is 1. The smallest absolute Gasteiger partial charge is 0.307 e. The Morgan fingerprint density at radius 1 is 0.868 bits per heavy atom. The molecule has 3 aromatic rings. The quantitative estimate of drug-likeness (QED) is 0.382. The average molecular weight is 513 g/mol. The van der Waals surface area contributed by atoms with Crippen molar-refractivity contribution in [2.75, 3.05) is 37.6 Å². The van der Waals surface area contributed by atoms with E-state index in [0.29, 0.717) is 11.8 Å². The van der Waals surface area contributed by atoms with Crippen LogP contribution in [0.15, 0.2) is 84.9 Å². The molecule has 0 aliphatic carbocycles. The number of aliphatic hydroxyl groups is 1. The number of piperidine rings is 1. The van der Waals surface area contributed by atoms with E-state index in [2.05, 4.69) is 70.5 Å². The highest BCUT2D eigenvalue weighted by molar-refractivity contribution is 5.73. The van der Waals surface area contributed by atoms with Crippen LogP contribution in [0.4, 0.5) is 5.69 Å². The molecule has 0 spiro atoms. The van der Waals surface area contributed by atoms with Crippen LogP contribution < -0.4 is 4.90 Å². The number of rotatable bonds is 10. The van der Waals surface area contributed by atoms with E-state index >= 15 is 0 Å². The van der Waals surface area contributed by atoms with Crippen LogP contribution in [0.1, 0.15) is 48.3 Å². The number of carbonyl (C=O) groups is 1. The number of carboxylic acid groups (broad SMARTS) is 1. The number of nitrogens with zero attached hydrogens (tertiary/aromatic N) is 2. The van der Waals surface area contributed by atoms with Crippen LogP contribution in [-0.2, 0) is 17.6 Å². The van der Waals surface area contributed by atoms with Gasteiger partial charge in [-0.1, -0.05) is 78.9 Å². The van der Waals surface area contributed by atoms with Gasteiger partial charge in [0.05, 0.1) is 12.0 Å². The zero-order chi connectivity index (χ0) is 26.4. The van der Waals surface area contributed by atoms with Crippen molar-refractivity contribution in [2.45, 2.75) is 50.0 Å². The second-order valence-corrected chi connectivity index (χ2v) is 11.2. The minimum Gasteiger partial charge on any atom is -0.481 e. The number of para-hydroxylation sites is 1. The number of carboxylic acids is 1. The van der Waals surface area contributed by atoms with E-state index < -0.39 is 11.6 Å². The van der Waals surface area contributed by atoms with Crippen molar-refractivity contribution in [1.29, 1.82) is 0 Å². The van der Waals surface area contributed by atoms with Crippen LogP contribution in [0.3, 0.4) is 0 Å². The molecule has 5 heteroatoms. The largest absolute Gasteiger partial charge is 0.481 e. The third-order valence-electron chi connectivity index (χ3n) is 8.57. The van der Waals surface area contributed by atoms with Gasteiger partial charge < -0.3 is 20.0 Å². The summed E-state index contributed by atoms with van der Waals surface area (Å²) in [6.45, 7) is 4.65. The molecular weight excluding hydrogens is 472 g/mol. The van der Waals surface area contributed by atoms with Crippen LogP contribution in [0.2, 0.25) is 0 Å². The molecule has 3 aromatic carbocycles. The Morgan fingerprint density at radius 3 is 2.24 bits per heavy atom. The van der Waals surface area contributed by atoms with E-state index in [4.69, 9.17) is 0 Å². The van der Waals surface area contributed by atoms with Gasteiger partial charge in [-0.2, -0.15) is 0 Å². The first kappa shape index (κ1) is 26.5. The van der Waals surface area contributed by atoms with Gasteiger partial charge in [-0.05, 0) is 60.8 Å². The molecule has 2 aliphatic heterocycles. The van der Waals surface area contributed by atoms with Gasteiger partial charge >= 0.3 is 5.97 Å². The van der Waals surface area contributed by atoms with Gasteiger partial charge in [0.2, 0.25) is 0 Å². The van der Waals surface area contributed by atoms with Crippen molar-refractivity contribution in [3.8, 4) is 0 Å². The van der Waals surface area contributed by atoms with E-state index in [9.17, 15) is 15.0 Å². The van der Waals surface area contributed by atoms with Crippen molar-refractivity contribution in [2.24, 2.45) is 5.92 Å². The van der Waals surface area contributed by atoms with Gasteiger partial charge in [-0.3, -0.25) is 4.79 Å². The molecule has 200 valence electrons. The Labute approximate surface area is 226 Å². The molecule has 0 radical (unpaired) electrons. The topological polar surface area (TPSA) is 64.0 Å². The van der Waals surface area contributed by atoms with E-state index in [0.717, 1.165) is 76.1 Å². The number of hydrogen-bond acceptors (Lipinski definition) is 4. The zero-order valence-corrected chi connectivity index (χ0v) is 22.2. The van der Waals surface area contributed by atoms with Crippen LogP contribution in [0.5, 0.6) is 0 Å². The Bertz CT molecular complexity index is 1180. The standard InChI is InChI=1S/C33H40N2O3/c36-32(37)22-28-15-7-8-16-31(28)35-24-29(30(25-35)27-13-5-2-6-14-27)23-34-20-18-33(38,19-21-34)17-9-12-26-10-3-1-4-11-26/h1-8,10-11,13-16,29-30,38H,9,12,17-25H2,(H,36,37). The van der Waals surface area contributed by atoms with Crippen molar-refractivity contribution in [3.63, 3.8) is 0 Å². The molecule has 0 aromatic heterocycles. The van der Waals surface area contributed by atoms with E-state index in [-0.39, 0.29) is 6.42 Å². The Balaban J connectivity index is 1.22. The van der Waals surface area contributed by atoms with Crippen molar-refractivity contribution in [3.05, 3.63) is 102 Å². The van der Waals surface area contributed by atoms with Crippen molar-refractivity contribution < 1.29 is 15.0 Å². The van der Waals surface area contributed by atoms with Gasteiger partial charge in [0, 0.05) is 44.3 Å². The number of likely N-dealkylation sites (tertiary alicyclic amines) is 1. The monoisotopic (exact) mass is 512 g/mol. The molecule has 2 saturated heterocycles. The normalized spacial score (nSPS) is 21.4. The van der Waals surface area contributed by atoms with Gasteiger partial charge in [0.1, 0.15) is 0 Å². The maximum atomic E-state index is 11.5. The molecular formula is C33H40N2O3. The molecule has 5 rings (SSSR count). The fourth-order valence-corrected chi connectivity index (χ4v) is 6.46. The van der Waals surface area contributed by atoms with E-state index in [1.54, 1.807) is 0 Å². The molecule has 2 atom stereocenters. The molecule has 0 saturated carbocycles. The van der Waals surface area contributed by atoms with E-state index in [1.807, 2.05) is 24.3 Å². The second kappa shape index (κ2) is 12.1. The average Bonchev–Trinajstić information content (AvgIpc) is 3.35. The summed E-state index contributed by atoms with van der Waals surface area (Å²) in [6.07, 6.45) is 4.60. The SMILES string of the molecule is O=C(O)Cc1ccccc1N1CC(CN2CCC(O)(CCCc3ccccc3)CC2)C(c2ccccc2)C1. The summed E-state index contributed by atoms with van der Waals surface area (Å²) < 4.78 is 0. The Morgan fingerprint density at radius 2 is 1.53 bits per heavy atom. The van der Waals surface area contributed by atoms with E-state index in [1.165, 1.54) is 11.1 Å². The fourth-order valence-electron chi connectivity index (χ4n) is 6.46. The predicted molar refractivity (Wildman–Crippen MR) is 153 cm³/mol. The minimum absolute atomic E-state index is 0.0440. The van der Waals surface area contributed by atoms with Gasteiger partial charge in [0.25, 0.3) is 0 Å². The first-order valence-electron chi connectivity index (χ1n) is 14.1. The Hall–Kier alpha value is -3.15. The zero-order valence-electron chi connectivity index (χ0n) is 22.2. The van der Waals surface area contributed by atoms with Crippen molar-refractivity contribution in [1.82, 2.24) is 4.90 Å². The van der Waals surface area contributed by atoms with Gasteiger partial charge in [-0.25, -0.2) is 0 Å². The second-order valence-electron chi connectivity index (χ2n) is 11.2. The lowest BCUT2D eigenvalue weighted by molar-refractivity contribution is -0.136. The van der Waals surface area contributed by atoms with Crippen LogP contribution in [-0.4, -0.2) is 59.4 Å². The lowest BCUT2D eigenvalue weighted by Crippen LogP contribution is -2.46. The Kier molecular flexibility index (Phi) is 8.45. The summed E-state index contributed by atoms with van der Waals surface area (Å²) in [5.41, 5.74) is 4.07. The third-order valence-corrected chi connectivity index (χ3v) is 8.57. The van der Waals surface area contributed by atoms with Crippen LogP contribution in [0.25, 0.3) is 0 Å². The van der Waals surface area contributed by atoms with Gasteiger partial charge in [-0.15, -0.1) is 0 Å². The lowest BCUT2D eigenvalue weighted by atomic mass is 9.84. The molecule has 38 heavy (non-hydrogen) atoms. The molecule has 2 N–H and O–H groups in total. The molecule has 2 fully saturated rings. The molecule has 2 unspecified atom stereocenters. The highest BCUT2D eigenvalue weighted by Crippen LogP contribution is 2.38. The number of hydrogen-bond donors (Lipinski definition) is 2. The maximum Gasteiger partial charge on any atom is 0.307 e. The number of aliphatic carboxylic acids is 1. The molecule has 0 bridgehead atoms. The predicted octanol–water partition coefficient (Wildman–Crippen LogP) is 5.38. The van der Waals surface area contributed by atoms with Crippen LogP contribution in [0, 0.1) is 5.92 Å². The van der Waals surface area contributed by atoms with Crippen molar-refractivity contribution >= 4 is 11.7 Å². The lowest BCUT2D eigenvalue weighted by Gasteiger charge is -2.39. The summed E-state index contributed by atoms with van der Waals surface area (Å²) in [5, 5.41) is 20.7.